The standard InChI is InChI=1S/C29H47N3O2/c1-2-3-4-5-6-7-8-9-10-11-12-13-14-15-16-21-28(33)32-29(34)26(30)22-24-23-31-27-20-18-17-19-25(24)27/h17-20,23,26,31H,2-16,21-22,30H2,1H3,(H,32,33,34)/t26-/m0/s1. The van der Waals surface area contributed by atoms with Crippen molar-refractivity contribution < 1.29 is 9.59 Å². The Balaban J connectivity index is 1.43. The number of rotatable bonds is 19. The van der Waals surface area contributed by atoms with Gasteiger partial charge >= 0.3 is 0 Å². The maximum Gasteiger partial charge on any atom is 0.243 e. The second-order valence-electron chi connectivity index (χ2n) is 9.78. The zero-order chi connectivity index (χ0) is 24.4. The number of imide groups is 1. The van der Waals surface area contributed by atoms with Gasteiger partial charge in [-0.25, -0.2) is 0 Å². The predicted octanol–water partition coefficient (Wildman–Crippen LogP) is 6.94. The van der Waals surface area contributed by atoms with E-state index in [1.165, 1.54) is 83.5 Å². The van der Waals surface area contributed by atoms with Gasteiger partial charge in [-0.3, -0.25) is 14.9 Å². The minimum absolute atomic E-state index is 0.214. The maximum atomic E-state index is 12.3. The highest BCUT2D eigenvalue weighted by molar-refractivity contribution is 5.98. The third-order valence-electron chi connectivity index (χ3n) is 6.72. The van der Waals surface area contributed by atoms with Crippen molar-refractivity contribution in [2.24, 2.45) is 5.73 Å². The Morgan fingerprint density at radius 1 is 0.824 bits per heavy atom. The largest absolute Gasteiger partial charge is 0.361 e. The molecule has 1 atom stereocenters. The smallest absolute Gasteiger partial charge is 0.243 e. The van der Waals surface area contributed by atoms with Crippen LogP contribution in [0.2, 0.25) is 0 Å². The number of aromatic nitrogens is 1. The number of fused-ring (bicyclic) bond motifs is 1. The number of hydrogen-bond donors (Lipinski definition) is 3. The Morgan fingerprint density at radius 3 is 1.94 bits per heavy atom. The topological polar surface area (TPSA) is 88.0 Å². The van der Waals surface area contributed by atoms with Crippen LogP contribution in [0.15, 0.2) is 30.5 Å². The van der Waals surface area contributed by atoms with Crippen molar-refractivity contribution in [3.8, 4) is 0 Å². The van der Waals surface area contributed by atoms with Crippen LogP contribution in [0, 0.1) is 0 Å². The van der Waals surface area contributed by atoms with Gasteiger partial charge < -0.3 is 10.7 Å². The lowest BCUT2D eigenvalue weighted by Gasteiger charge is -2.11. The van der Waals surface area contributed by atoms with Crippen LogP contribution in [0.3, 0.4) is 0 Å². The highest BCUT2D eigenvalue weighted by Crippen LogP contribution is 2.19. The quantitative estimate of drug-likeness (QED) is 0.195. The molecule has 0 saturated carbocycles. The monoisotopic (exact) mass is 469 g/mol. The molecule has 0 spiro atoms. The van der Waals surface area contributed by atoms with E-state index in [9.17, 15) is 9.59 Å². The number of nitrogens with one attached hydrogen (secondary N) is 2. The highest BCUT2D eigenvalue weighted by atomic mass is 16.2. The van der Waals surface area contributed by atoms with Gasteiger partial charge in [0.15, 0.2) is 0 Å². The summed E-state index contributed by atoms with van der Waals surface area (Å²) in [5.41, 5.74) is 8.07. The molecule has 0 saturated heterocycles. The minimum Gasteiger partial charge on any atom is -0.361 e. The van der Waals surface area contributed by atoms with Crippen LogP contribution in [-0.4, -0.2) is 22.8 Å². The van der Waals surface area contributed by atoms with Crippen molar-refractivity contribution in [2.45, 2.75) is 122 Å². The van der Waals surface area contributed by atoms with Crippen LogP contribution in [0.1, 0.15) is 115 Å². The first-order chi connectivity index (χ1) is 16.6. The summed E-state index contributed by atoms with van der Waals surface area (Å²) >= 11 is 0. The first-order valence-corrected chi connectivity index (χ1v) is 13.8. The van der Waals surface area contributed by atoms with E-state index in [0.717, 1.165) is 29.3 Å². The number of carbonyl (C=O) groups is 2. The van der Waals surface area contributed by atoms with Crippen LogP contribution in [-0.2, 0) is 16.0 Å². The average Bonchev–Trinajstić information content (AvgIpc) is 3.24. The Bertz CT molecular complexity index is 830. The Labute approximate surface area is 206 Å². The summed E-state index contributed by atoms with van der Waals surface area (Å²) in [6, 6.07) is 7.20. The zero-order valence-electron chi connectivity index (χ0n) is 21.4. The van der Waals surface area contributed by atoms with Crippen molar-refractivity contribution in [2.75, 3.05) is 0 Å². The predicted molar refractivity (Wildman–Crippen MR) is 143 cm³/mol. The third-order valence-corrected chi connectivity index (χ3v) is 6.72. The SMILES string of the molecule is CCCCCCCCCCCCCCCCCC(=O)NC(=O)[C@@H](N)Cc1c[nH]c2ccccc12. The van der Waals surface area contributed by atoms with Gasteiger partial charge in [0.05, 0.1) is 6.04 Å². The molecule has 2 rings (SSSR count). The van der Waals surface area contributed by atoms with E-state index in [1.54, 1.807) is 0 Å². The molecule has 1 aromatic carbocycles. The van der Waals surface area contributed by atoms with Gasteiger partial charge in [-0.1, -0.05) is 115 Å². The molecular weight excluding hydrogens is 422 g/mol. The fourth-order valence-corrected chi connectivity index (χ4v) is 4.58. The highest BCUT2D eigenvalue weighted by Gasteiger charge is 2.18. The molecule has 190 valence electrons. The van der Waals surface area contributed by atoms with Crippen molar-refractivity contribution in [1.29, 1.82) is 0 Å². The number of H-pyrrole nitrogens is 1. The first-order valence-electron chi connectivity index (χ1n) is 13.8. The van der Waals surface area contributed by atoms with Gasteiger partial charge in [0.2, 0.25) is 11.8 Å². The fourth-order valence-electron chi connectivity index (χ4n) is 4.58. The molecule has 5 nitrogen and oxygen atoms in total. The molecule has 1 aromatic heterocycles. The summed E-state index contributed by atoms with van der Waals surface area (Å²) in [6.07, 6.45) is 22.1. The molecule has 0 fully saturated rings. The maximum absolute atomic E-state index is 12.3. The molecular formula is C29H47N3O2. The Kier molecular flexibility index (Phi) is 14.3. The average molecular weight is 470 g/mol. The summed E-state index contributed by atoms with van der Waals surface area (Å²) in [5, 5.41) is 3.54. The van der Waals surface area contributed by atoms with E-state index >= 15 is 0 Å². The Morgan fingerprint density at radius 2 is 1.35 bits per heavy atom. The first kappa shape index (κ1) is 28.1. The third kappa shape index (κ3) is 11.3. The van der Waals surface area contributed by atoms with Gasteiger partial charge in [-0.05, 0) is 24.5 Å². The molecule has 0 bridgehead atoms. The van der Waals surface area contributed by atoms with Gasteiger partial charge in [0.1, 0.15) is 0 Å². The van der Waals surface area contributed by atoms with Gasteiger partial charge in [0, 0.05) is 23.5 Å². The molecule has 2 amide bonds. The van der Waals surface area contributed by atoms with E-state index in [4.69, 9.17) is 5.73 Å². The molecule has 0 radical (unpaired) electrons. The minimum atomic E-state index is -0.732. The number of aromatic amines is 1. The number of nitrogens with two attached hydrogens (primary N) is 1. The number of amides is 2. The number of unbranched alkanes of at least 4 members (excludes halogenated alkanes) is 14. The molecule has 0 aliphatic rings. The lowest BCUT2D eigenvalue weighted by molar-refractivity contribution is -0.131. The van der Waals surface area contributed by atoms with E-state index in [2.05, 4.69) is 17.2 Å². The van der Waals surface area contributed by atoms with Crippen LogP contribution in [0.25, 0.3) is 10.9 Å². The molecule has 0 aliphatic carbocycles. The van der Waals surface area contributed by atoms with Gasteiger partial charge in [-0.2, -0.15) is 0 Å². The summed E-state index contributed by atoms with van der Waals surface area (Å²) in [7, 11) is 0. The second kappa shape index (κ2) is 17.3. The van der Waals surface area contributed by atoms with Crippen LogP contribution < -0.4 is 11.1 Å². The van der Waals surface area contributed by atoms with Gasteiger partial charge in [-0.15, -0.1) is 0 Å². The summed E-state index contributed by atoms with van der Waals surface area (Å²) < 4.78 is 0. The number of carbonyl (C=O) groups excluding carboxylic acids is 2. The van der Waals surface area contributed by atoms with E-state index in [-0.39, 0.29) is 5.91 Å². The summed E-state index contributed by atoms with van der Waals surface area (Å²) in [5.74, 6) is -0.606. The normalized spacial score (nSPS) is 12.2. The van der Waals surface area contributed by atoms with E-state index < -0.39 is 11.9 Å². The summed E-state index contributed by atoms with van der Waals surface area (Å²) in [6.45, 7) is 2.27. The second-order valence-corrected chi connectivity index (χ2v) is 9.78. The molecule has 4 N–H and O–H groups in total. The Hall–Kier alpha value is -2.14. The van der Waals surface area contributed by atoms with Crippen molar-refractivity contribution >= 4 is 22.7 Å². The molecule has 5 heteroatoms. The number of para-hydroxylation sites is 1. The lowest BCUT2D eigenvalue weighted by Crippen LogP contribution is -2.44. The zero-order valence-corrected chi connectivity index (χ0v) is 21.4. The number of benzene rings is 1. The number of hydrogen-bond acceptors (Lipinski definition) is 3. The molecule has 0 unspecified atom stereocenters. The fraction of sp³-hybridized carbons (Fsp3) is 0.655. The molecule has 2 aromatic rings. The van der Waals surface area contributed by atoms with Crippen LogP contribution >= 0.6 is 0 Å². The summed E-state index contributed by atoms with van der Waals surface area (Å²) in [4.78, 5) is 27.6. The molecule has 34 heavy (non-hydrogen) atoms. The lowest BCUT2D eigenvalue weighted by atomic mass is 10.0. The van der Waals surface area contributed by atoms with Crippen LogP contribution in [0.5, 0.6) is 0 Å². The van der Waals surface area contributed by atoms with E-state index in [0.29, 0.717) is 12.8 Å². The molecule has 1 heterocycles. The van der Waals surface area contributed by atoms with Crippen LogP contribution in [0.4, 0.5) is 0 Å². The van der Waals surface area contributed by atoms with Gasteiger partial charge in [0.25, 0.3) is 0 Å². The van der Waals surface area contributed by atoms with E-state index in [1.807, 2.05) is 30.5 Å². The van der Waals surface area contributed by atoms with Crippen molar-refractivity contribution in [3.05, 3.63) is 36.0 Å². The van der Waals surface area contributed by atoms with Crippen molar-refractivity contribution in [1.82, 2.24) is 10.3 Å². The molecule has 0 aliphatic heterocycles. The van der Waals surface area contributed by atoms with Crippen molar-refractivity contribution in [3.63, 3.8) is 0 Å².